The Morgan fingerprint density at radius 2 is 1.88 bits per heavy atom. The lowest BCUT2D eigenvalue weighted by molar-refractivity contribution is 0.307. The molecule has 1 aliphatic heterocycles. The van der Waals surface area contributed by atoms with Gasteiger partial charge in [-0.2, -0.15) is 0 Å². The molecule has 4 heteroatoms. The number of ether oxygens (including phenoxy) is 1. The number of nitrogens with one attached hydrogen (secondary N) is 1. The zero-order chi connectivity index (χ0) is 18.1. The molecule has 0 atom stereocenters. The first kappa shape index (κ1) is 16.7. The smallest absolute Gasteiger partial charge is 0.127 e. The van der Waals surface area contributed by atoms with Crippen LogP contribution in [0.4, 0.5) is 10.1 Å². The number of para-hydroxylation sites is 1. The van der Waals surface area contributed by atoms with Gasteiger partial charge in [-0.1, -0.05) is 35.9 Å². The van der Waals surface area contributed by atoms with Crippen molar-refractivity contribution >= 4 is 28.9 Å². The zero-order valence-corrected chi connectivity index (χ0v) is 15.0. The highest BCUT2D eigenvalue weighted by Crippen LogP contribution is 2.38. The number of anilines is 1. The zero-order valence-electron chi connectivity index (χ0n) is 14.2. The number of rotatable bonds is 2. The molecule has 3 aromatic rings. The summed E-state index contributed by atoms with van der Waals surface area (Å²) in [5.74, 6) is 0.523. The van der Waals surface area contributed by atoms with Crippen molar-refractivity contribution in [3.8, 4) is 5.75 Å². The summed E-state index contributed by atoms with van der Waals surface area (Å²) in [5.41, 5.74) is 5.51. The molecule has 0 aliphatic carbocycles. The van der Waals surface area contributed by atoms with Crippen molar-refractivity contribution in [2.45, 2.75) is 6.61 Å². The standard InChI is InChI=1S/C22H17ClFNO/c1-25-18-9-14(8-17(24)12-18)10-21-19-7-6-16(23)11-15(19)13-26-22-5-3-2-4-20(21)22/h2-12,25H,13H2,1H3/b21-10+. The molecule has 1 heterocycles. The maximum atomic E-state index is 14.0. The van der Waals surface area contributed by atoms with Crippen LogP contribution < -0.4 is 10.1 Å². The molecule has 3 aromatic carbocycles. The van der Waals surface area contributed by atoms with Gasteiger partial charge < -0.3 is 10.1 Å². The molecule has 0 amide bonds. The van der Waals surface area contributed by atoms with Gasteiger partial charge in [0.15, 0.2) is 0 Å². The van der Waals surface area contributed by atoms with Gasteiger partial charge in [-0.15, -0.1) is 0 Å². The highest BCUT2D eigenvalue weighted by atomic mass is 35.5. The van der Waals surface area contributed by atoms with E-state index >= 15 is 0 Å². The maximum absolute atomic E-state index is 14.0. The second-order valence-electron chi connectivity index (χ2n) is 6.17. The molecule has 0 saturated heterocycles. The number of fused-ring (bicyclic) bond motifs is 2. The second kappa shape index (κ2) is 6.85. The summed E-state index contributed by atoms with van der Waals surface area (Å²) in [7, 11) is 1.78. The van der Waals surface area contributed by atoms with Gasteiger partial charge in [0.2, 0.25) is 0 Å². The van der Waals surface area contributed by atoms with Crippen molar-refractivity contribution in [3.63, 3.8) is 0 Å². The van der Waals surface area contributed by atoms with Crippen molar-refractivity contribution < 1.29 is 9.13 Å². The predicted octanol–water partition coefficient (Wildman–Crippen LogP) is 6.00. The second-order valence-corrected chi connectivity index (χ2v) is 6.60. The van der Waals surface area contributed by atoms with Crippen LogP contribution in [0.2, 0.25) is 5.02 Å². The van der Waals surface area contributed by atoms with Gasteiger partial charge in [-0.05, 0) is 64.7 Å². The van der Waals surface area contributed by atoms with E-state index < -0.39 is 0 Å². The average molecular weight is 366 g/mol. The quantitative estimate of drug-likeness (QED) is 0.601. The highest BCUT2D eigenvalue weighted by molar-refractivity contribution is 6.30. The monoisotopic (exact) mass is 365 g/mol. The third-order valence-corrected chi connectivity index (χ3v) is 4.67. The largest absolute Gasteiger partial charge is 0.488 e. The van der Waals surface area contributed by atoms with Gasteiger partial charge >= 0.3 is 0 Å². The van der Waals surface area contributed by atoms with Gasteiger partial charge in [-0.3, -0.25) is 0 Å². The Morgan fingerprint density at radius 3 is 2.73 bits per heavy atom. The molecule has 0 unspecified atom stereocenters. The first-order valence-electron chi connectivity index (χ1n) is 8.35. The number of hydrogen-bond acceptors (Lipinski definition) is 2. The Labute approximate surface area is 156 Å². The van der Waals surface area contributed by atoms with Crippen molar-refractivity contribution in [3.05, 3.63) is 93.8 Å². The van der Waals surface area contributed by atoms with Crippen LogP contribution in [0.15, 0.2) is 60.7 Å². The third kappa shape index (κ3) is 3.18. The summed E-state index contributed by atoms with van der Waals surface area (Å²) in [6.07, 6.45) is 1.99. The fourth-order valence-electron chi connectivity index (χ4n) is 3.22. The normalized spacial score (nSPS) is 14.2. The van der Waals surface area contributed by atoms with Gasteiger partial charge in [-0.25, -0.2) is 4.39 Å². The van der Waals surface area contributed by atoms with Gasteiger partial charge in [0.1, 0.15) is 18.2 Å². The van der Waals surface area contributed by atoms with Gasteiger partial charge in [0, 0.05) is 23.3 Å². The molecule has 4 rings (SSSR count). The Hall–Kier alpha value is -2.78. The lowest BCUT2D eigenvalue weighted by Crippen LogP contribution is -1.95. The average Bonchev–Trinajstić information content (AvgIpc) is 2.78. The molecule has 0 spiro atoms. The number of benzene rings is 3. The molecule has 0 fully saturated rings. The third-order valence-electron chi connectivity index (χ3n) is 4.44. The fraction of sp³-hybridized carbons (Fsp3) is 0.0909. The molecule has 0 bridgehead atoms. The first-order valence-corrected chi connectivity index (χ1v) is 8.73. The van der Waals surface area contributed by atoms with Crippen LogP contribution in [0, 0.1) is 5.82 Å². The Balaban J connectivity index is 1.96. The van der Waals surface area contributed by atoms with E-state index in [1.54, 1.807) is 7.05 Å². The summed E-state index contributed by atoms with van der Waals surface area (Å²) < 4.78 is 20.0. The molecule has 1 aliphatic rings. The number of hydrogen-bond donors (Lipinski definition) is 1. The molecule has 130 valence electrons. The Bertz CT molecular complexity index is 1010. The van der Waals surface area contributed by atoms with E-state index in [1.807, 2.05) is 54.6 Å². The summed E-state index contributed by atoms with van der Waals surface area (Å²) >= 11 is 6.18. The van der Waals surface area contributed by atoms with Crippen LogP contribution in [0.3, 0.4) is 0 Å². The first-order chi connectivity index (χ1) is 12.6. The van der Waals surface area contributed by atoms with E-state index in [-0.39, 0.29) is 5.82 Å². The van der Waals surface area contributed by atoms with E-state index in [0.29, 0.717) is 11.6 Å². The van der Waals surface area contributed by atoms with Crippen LogP contribution in [-0.2, 0) is 6.61 Å². The minimum Gasteiger partial charge on any atom is -0.488 e. The number of halogens is 2. The molecular weight excluding hydrogens is 349 g/mol. The summed E-state index contributed by atoms with van der Waals surface area (Å²) in [6, 6.07) is 18.6. The van der Waals surface area contributed by atoms with E-state index in [0.717, 1.165) is 39.3 Å². The van der Waals surface area contributed by atoms with Gasteiger partial charge in [0.05, 0.1) is 0 Å². The van der Waals surface area contributed by atoms with Crippen molar-refractivity contribution in [2.24, 2.45) is 0 Å². The SMILES string of the molecule is CNc1cc(F)cc(/C=C2\c3ccc(Cl)cc3COc3ccccc32)c1. The van der Waals surface area contributed by atoms with Crippen molar-refractivity contribution in [1.29, 1.82) is 0 Å². The van der Waals surface area contributed by atoms with E-state index in [1.165, 1.54) is 12.1 Å². The van der Waals surface area contributed by atoms with E-state index in [9.17, 15) is 4.39 Å². The molecular formula is C22H17ClFNO. The Morgan fingerprint density at radius 1 is 1.04 bits per heavy atom. The fourth-order valence-corrected chi connectivity index (χ4v) is 3.42. The summed E-state index contributed by atoms with van der Waals surface area (Å²) in [6.45, 7) is 0.440. The topological polar surface area (TPSA) is 21.3 Å². The van der Waals surface area contributed by atoms with E-state index in [2.05, 4.69) is 5.32 Å². The van der Waals surface area contributed by atoms with Gasteiger partial charge in [0.25, 0.3) is 0 Å². The predicted molar refractivity (Wildman–Crippen MR) is 105 cm³/mol. The minimum absolute atomic E-state index is 0.279. The molecule has 1 N–H and O–H groups in total. The van der Waals surface area contributed by atoms with Crippen molar-refractivity contribution in [1.82, 2.24) is 0 Å². The lowest BCUT2D eigenvalue weighted by atomic mass is 9.92. The molecule has 0 radical (unpaired) electrons. The molecule has 2 nitrogen and oxygen atoms in total. The van der Waals surface area contributed by atoms with Crippen LogP contribution in [-0.4, -0.2) is 7.05 Å². The lowest BCUT2D eigenvalue weighted by Gasteiger charge is -2.11. The summed E-state index contributed by atoms with van der Waals surface area (Å²) in [5, 5.41) is 3.66. The van der Waals surface area contributed by atoms with Crippen LogP contribution in [0.25, 0.3) is 11.6 Å². The van der Waals surface area contributed by atoms with E-state index in [4.69, 9.17) is 16.3 Å². The van der Waals surface area contributed by atoms with Crippen LogP contribution in [0.1, 0.15) is 22.3 Å². The van der Waals surface area contributed by atoms with Crippen LogP contribution in [0.5, 0.6) is 5.75 Å². The maximum Gasteiger partial charge on any atom is 0.127 e. The molecule has 0 saturated carbocycles. The molecule has 26 heavy (non-hydrogen) atoms. The van der Waals surface area contributed by atoms with Crippen LogP contribution >= 0.6 is 11.6 Å². The highest BCUT2D eigenvalue weighted by Gasteiger charge is 2.19. The molecule has 0 aromatic heterocycles. The van der Waals surface area contributed by atoms with Crippen molar-refractivity contribution in [2.75, 3.05) is 12.4 Å². The minimum atomic E-state index is -0.279. The Kier molecular flexibility index (Phi) is 4.39. The summed E-state index contributed by atoms with van der Waals surface area (Å²) in [4.78, 5) is 0.